The van der Waals surface area contributed by atoms with Crippen molar-refractivity contribution in [1.82, 2.24) is 9.55 Å². The average molecular weight is 372 g/mol. The number of piperidine rings is 1. The first-order chi connectivity index (χ1) is 12.3. The van der Waals surface area contributed by atoms with E-state index in [1.807, 2.05) is 39.0 Å². The van der Waals surface area contributed by atoms with Crippen molar-refractivity contribution in [2.75, 3.05) is 18.0 Å². The largest absolute Gasteiger partial charge is 0.356 e. The third-order valence-corrected chi connectivity index (χ3v) is 7.01. The Kier molecular flexibility index (Phi) is 4.14. The van der Waals surface area contributed by atoms with Crippen LogP contribution in [0.15, 0.2) is 23.0 Å². The second kappa shape index (κ2) is 6.12. The minimum absolute atomic E-state index is 0.0277. The summed E-state index contributed by atoms with van der Waals surface area (Å²) in [6.45, 7) is 10.1. The van der Waals surface area contributed by atoms with Gasteiger partial charge in [0.05, 0.1) is 16.3 Å². The molecule has 4 nitrogen and oxygen atoms in total. The topological polar surface area (TPSA) is 38.1 Å². The van der Waals surface area contributed by atoms with Gasteiger partial charge in [-0.25, -0.2) is 4.98 Å². The fourth-order valence-corrected chi connectivity index (χ4v) is 4.72. The summed E-state index contributed by atoms with van der Waals surface area (Å²) in [6.07, 6.45) is 3.78. The fraction of sp³-hybridized carbons (Fsp3) is 0.524. The van der Waals surface area contributed by atoms with E-state index in [1.54, 1.807) is 4.57 Å². The molecule has 2 fully saturated rings. The van der Waals surface area contributed by atoms with E-state index < -0.39 is 0 Å². The lowest BCUT2D eigenvalue weighted by Gasteiger charge is -2.34. The molecule has 2 aliphatic rings. The van der Waals surface area contributed by atoms with Crippen LogP contribution in [-0.4, -0.2) is 22.6 Å². The molecule has 1 aromatic heterocycles. The average Bonchev–Trinajstić information content (AvgIpc) is 3.24. The Balaban J connectivity index is 1.72. The molecule has 4 rings (SSSR count). The number of rotatable bonds is 2. The lowest BCUT2D eigenvalue weighted by atomic mass is 9.91. The van der Waals surface area contributed by atoms with E-state index in [2.05, 4.69) is 11.8 Å². The second-order valence-electron chi connectivity index (χ2n) is 8.11. The van der Waals surface area contributed by atoms with E-state index in [-0.39, 0.29) is 5.56 Å². The van der Waals surface area contributed by atoms with E-state index >= 15 is 0 Å². The third kappa shape index (κ3) is 2.66. The maximum absolute atomic E-state index is 13.1. The van der Waals surface area contributed by atoms with Crippen molar-refractivity contribution in [2.24, 2.45) is 11.3 Å². The van der Waals surface area contributed by atoms with Crippen LogP contribution in [0, 0.1) is 32.1 Å². The highest BCUT2D eigenvalue weighted by atomic mass is 35.5. The molecule has 138 valence electrons. The van der Waals surface area contributed by atoms with E-state index in [0.717, 1.165) is 30.4 Å². The third-order valence-electron chi connectivity index (χ3n) is 6.52. The molecule has 1 aliphatic heterocycles. The van der Waals surface area contributed by atoms with Crippen LogP contribution in [0.3, 0.4) is 0 Å². The van der Waals surface area contributed by atoms with Gasteiger partial charge in [-0.2, -0.15) is 0 Å². The zero-order chi connectivity index (χ0) is 18.6. The number of nitrogens with zero attached hydrogens (tertiary/aromatic N) is 3. The molecule has 2 heterocycles. The van der Waals surface area contributed by atoms with Gasteiger partial charge in [-0.05, 0) is 63.0 Å². The number of aryl methyl sites for hydroxylation is 2. The summed E-state index contributed by atoms with van der Waals surface area (Å²) in [6, 6.07) is 5.75. The van der Waals surface area contributed by atoms with Crippen LogP contribution in [0.25, 0.3) is 5.69 Å². The molecule has 1 aromatic carbocycles. The SMILES string of the molecule is Cc1cccc(-n2c(C)nc(N3CCC4(CC3)CC4C)c(C)c2=O)c1Cl. The Labute approximate surface area is 159 Å². The highest BCUT2D eigenvalue weighted by Gasteiger charge is 2.51. The molecule has 2 aromatic rings. The minimum Gasteiger partial charge on any atom is -0.356 e. The molecule has 1 spiro atoms. The Bertz CT molecular complexity index is 926. The summed E-state index contributed by atoms with van der Waals surface area (Å²) >= 11 is 6.47. The Hall–Kier alpha value is -1.81. The Morgan fingerprint density at radius 2 is 1.85 bits per heavy atom. The summed E-state index contributed by atoms with van der Waals surface area (Å²) in [7, 11) is 0. The normalized spacial score (nSPS) is 21.3. The van der Waals surface area contributed by atoms with Gasteiger partial charge in [-0.15, -0.1) is 0 Å². The van der Waals surface area contributed by atoms with Crippen molar-refractivity contribution in [2.45, 2.75) is 47.0 Å². The predicted octanol–water partition coefficient (Wildman–Crippen LogP) is 4.44. The summed E-state index contributed by atoms with van der Waals surface area (Å²) in [5.74, 6) is 2.38. The molecular weight excluding hydrogens is 346 g/mol. The van der Waals surface area contributed by atoms with Crippen LogP contribution in [0.4, 0.5) is 5.82 Å². The van der Waals surface area contributed by atoms with Crippen LogP contribution in [-0.2, 0) is 0 Å². The standard InChI is InChI=1S/C21H26ClN3O/c1-13-6-5-7-17(18(13)22)25-16(4)23-19(15(3)20(25)26)24-10-8-21(9-11-24)12-14(21)2/h5-7,14H,8-12H2,1-4H3. The van der Waals surface area contributed by atoms with Gasteiger partial charge < -0.3 is 4.90 Å². The zero-order valence-electron chi connectivity index (χ0n) is 16.0. The van der Waals surface area contributed by atoms with Gasteiger partial charge >= 0.3 is 0 Å². The molecule has 1 unspecified atom stereocenters. The molecule has 0 bridgehead atoms. The lowest BCUT2D eigenvalue weighted by Crippen LogP contribution is -2.38. The summed E-state index contributed by atoms with van der Waals surface area (Å²) in [4.78, 5) is 20.3. The first-order valence-electron chi connectivity index (χ1n) is 9.45. The molecule has 1 saturated heterocycles. The predicted molar refractivity (Wildman–Crippen MR) is 107 cm³/mol. The van der Waals surface area contributed by atoms with Gasteiger partial charge in [0.25, 0.3) is 5.56 Å². The van der Waals surface area contributed by atoms with Crippen LogP contribution in [0.2, 0.25) is 5.02 Å². The van der Waals surface area contributed by atoms with Gasteiger partial charge in [0.2, 0.25) is 0 Å². The first-order valence-corrected chi connectivity index (χ1v) is 9.82. The van der Waals surface area contributed by atoms with E-state index in [9.17, 15) is 4.79 Å². The summed E-state index contributed by atoms with van der Waals surface area (Å²) < 4.78 is 1.64. The van der Waals surface area contributed by atoms with E-state index in [4.69, 9.17) is 16.6 Å². The van der Waals surface area contributed by atoms with Crippen molar-refractivity contribution in [3.05, 3.63) is 50.5 Å². The molecule has 0 amide bonds. The van der Waals surface area contributed by atoms with Gasteiger partial charge in [0, 0.05) is 13.1 Å². The van der Waals surface area contributed by atoms with Crippen molar-refractivity contribution >= 4 is 17.4 Å². The molecule has 1 saturated carbocycles. The lowest BCUT2D eigenvalue weighted by molar-refractivity contribution is 0.355. The summed E-state index contributed by atoms with van der Waals surface area (Å²) in [5, 5.41) is 0.606. The molecule has 26 heavy (non-hydrogen) atoms. The highest BCUT2D eigenvalue weighted by molar-refractivity contribution is 6.33. The molecule has 1 atom stereocenters. The molecule has 0 radical (unpaired) electrons. The maximum atomic E-state index is 13.1. The first kappa shape index (κ1) is 17.6. The van der Waals surface area contributed by atoms with Crippen LogP contribution in [0.1, 0.15) is 43.1 Å². The van der Waals surface area contributed by atoms with Gasteiger partial charge in [-0.3, -0.25) is 9.36 Å². The minimum atomic E-state index is -0.0277. The number of halogens is 1. The Morgan fingerprint density at radius 1 is 1.19 bits per heavy atom. The quantitative estimate of drug-likeness (QED) is 0.783. The fourth-order valence-electron chi connectivity index (χ4n) is 4.51. The molecule has 5 heteroatoms. The van der Waals surface area contributed by atoms with E-state index in [0.29, 0.717) is 27.5 Å². The second-order valence-corrected chi connectivity index (χ2v) is 8.49. The van der Waals surface area contributed by atoms with Crippen LogP contribution < -0.4 is 10.5 Å². The number of aromatic nitrogens is 2. The highest BCUT2D eigenvalue weighted by Crippen LogP contribution is 2.59. The zero-order valence-corrected chi connectivity index (χ0v) is 16.7. The van der Waals surface area contributed by atoms with Gasteiger partial charge in [0.15, 0.2) is 0 Å². The number of hydrogen-bond donors (Lipinski definition) is 0. The smallest absolute Gasteiger partial charge is 0.263 e. The molecular formula is C21H26ClN3O. The van der Waals surface area contributed by atoms with Crippen molar-refractivity contribution in [3.63, 3.8) is 0 Å². The maximum Gasteiger partial charge on any atom is 0.263 e. The Morgan fingerprint density at radius 3 is 2.46 bits per heavy atom. The van der Waals surface area contributed by atoms with Gasteiger partial charge in [-0.1, -0.05) is 30.7 Å². The number of benzene rings is 1. The summed E-state index contributed by atoms with van der Waals surface area (Å²) in [5.41, 5.74) is 2.91. The van der Waals surface area contributed by atoms with E-state index in [1.165, 1.54) is 19.3 Å². The molecule has 0 N–H and O–H groups in total. The molecule has 1 aliphatic carbocycles. The van der Waals surface area contributed by atoms with Crippen molar-refractivity contribution in [3.8, 4) is 5.69 Å². The van der Waals surface area contributed by atoms with Crippen molar-refractivity contribution in [1.29, 1.82) is 0 Å². The monoisotopic (exact) mass is 371 g/mol. The van der Waals surface area contributed by atoms with Crippen LogP contribution >= 0.6 is 11.6 Å². The van der Waals surface area contributed by atoms with Crippen LogP contribution in [0.5, 0.6) is 0 Å². The number of anilines is 1. The van der Waals surface area contributed by atoms with Crippen molar-refractivity contribution < 1.29 is 0 Å². The number of hydrogen-bond acceptors (Lipinski definition) is 3. The van der Waals surface area contributed by atoms with Gasteiger partial charge in [0.1, 0.15) is 11.6 Å².